The lowest BCUT2D eigenvalue weighted by atomic mass is 9.98. The molecule has 1 atom stereocenters. The van der Waals surface area contributed by atoms with Crippen LogP contribution in [-0.4, -0.2) is 20.2 Å². The lowest BCUT2D eigenvalue weighted by molar-refractivity contribution is 0.414. The van der Waals surface area contributed by atoms with Crippen molar-refractivity contribution in [1.82, 2.24) is 5.32 Å². The van der Waals surface area contributed by atoms with E-state index >= 15 is 0 Å². The topological polar surface area (TPSA) is 21.3 Å². The Bertz CT molecular complexity index is 393. The highest BCUT2D eigenvalue weighted by Crippen LogP contribution is 2.26. The van der Waals surface area contributed by atoms with Gasteiger partial charge in [0, 0.05) is 0 Å². The SMILES string of the molecule is COc1ccc(CCC(C)CCNCC(C)C)cc1Cl. The summed E-state index contributed by atoms with van der Waals surface area (Å²) in [6, 6.07) is 6.07. The van der Waals surface area contributed by atoms with E-state index in [0.29, 0.717) is 5.02 Å². The van der Waals surface area contributed by atoms with Crippen molar-refractivity contribution in [2.45, 2.75) is 40.0 Å². The summed E-state index contributed by atoms with van der Waals surface area (Å²) in [4.78, 5) is 0. The Morgan fingerprint density at radius 1 is 1.20 bits per heavy atom. The predicted octanol–water partition coefficient (Wildman–Crippen LogP) is 4.55. The van der Waals surface area contributed by atoms with Gasteiger partial charge in [-0.3, -0.25) is 0 Å². The maximum Gasteiger partial charge on any atom is 0.137 e. The lowest BCUT2D eigenvalue weighted by Gasteiger charge is -2.13. The van der Waals surface area contributed by atoms with Gasteiger partial charge in [0.2, 0.25) is 0 Å². The fourth-order valence-electron chi connectivity index (χ4n) is 2.16. The number of aryl methyl sites for hydroxylation is 1. The van der Waals surface area contributed by atoms with Crippen molar-refractivity contribution in [3.05, 3.63) is 28.8 Å². The molecule has 0 aliphatic carbocycles. The van der Waals surface area contributed by atoms with Crippen LogP contribution in [0.2, 0.25) is 5.02 Å². The van der Waals surface area contributed by atoms with Gasteiger partial charge in [0.05, 0.1) is 12.1 Å². The summed E-state index contributed by atoms with van der Waals surface area (Å²) in [6.07, 6.45) is 3.51. The van der Waals surface area contributed by atoms with Crippen LogP contribution in [0.4, 0.5) is 0 Å². The summed E-state index contributed by atoms with van der Waals surface area (Å²) in [5.41, 5.74) is 1.29. The highest BCUT2D eigenvalue weighted by Gasteiger charge is 2.05. The third kappa shape index (κ3) is 6.62. The predicted molar refractivity (Wildman–Crippen MR) is 87.8 cm³/mol. The number of rotatable bonds is 9. The molecule has 0 fully saturated rings. The van der Waals surface area contributed by atoms with E-state index in [1.54, 1.807) is 7.11 Å². The summed E-state index contributed by atoms with van der Waals surface area (Å²) >= 11 is 6.14. The fraction of sp³-hybridized carbons (Fsp3) is 0.647. The zero-order valence-corrected chi connectivity index (χ0v) is 14.0. The molecule has 2 nitrogen and oxygen atoms in total. The molecule has 0 spiro atoms. The standard InChI is InChI=1S/C17H28ClNO/c1-13(2)12-19-10-9-14(3)5-6-15-7-8-17(20-4)16(18)11-15/h7-8,11,13-14,19H,5-6,9-10,12H2,1-4H3. The van der Waals surface area contributed by atoms with Gasteiger partial charge in [-0.15, -0.1) is 0 Å². The van der Waals surface area contributed by atoms with E-state index in [9.17, 15) is 0 Å². The maximum absolute atomic E-state index is 6.14. The van der Waals surface area contributed by atoms with Gasteiger partial charge in [0.15, 0.2) is 0 Å². The Morgan fingerprint density at radius 2 is 1.95 bits per heavy atom. The van der Waals surface area contributed by atoms with Gasteiger partial charge in [-0.2, -0.15) is 0 Å². The van der Waals surface area contributed by atoms with E-state index in [0.717, 1.165) is 37.1 Å². The van der Waals surface area contributed by atoms with Gasteiger partial charge < -0.3 is 10.1 Å². The molecule has 0 aliphatic heterocycles. The number of methoxy groups -OCH3 is 1. The Labute approximate surface area is 128 Å². The minimum atomic E-state index is 0.705. The van der Waals surface area contributed by atoms with Crippen molar-refractivity contribution >= 4 is 11.6 Å². The van der Waals surface area contributed by atoms with Crippen molar-refractivity contribution in [2.75, 3.05) is 20.2 Å². The van der Waals surface area contributed by atoms with Crippen LogP contribution in [0.5, 0.6) is 5.75 Å². The molecule has 0 aliphatic rings. The number of benzene rings is 1. The van der Waals surface area contributed by atoms with Crippen molar-refractivity contribution in [2.24, 2.45) is 11.8 Å². The molecule has 3 heteroatoms. The Morgan fingerprint density at radius 3 is 2.55 bits per heavy atom. The molecule has 1 aromatic rings. The molecule has 1 unspecified atom stereocenters. The summed E-state index contributed by atoms with van der Waals surface area (Å²) < 4.78 is 5.17. The van der Waals surface area contributed by atoms with Gasteiger partial charge in [-0.05, 0) is 61.9 Å². The average Bonchev–Trinajstić information content (AvgIpc) is 2.41. The molecule has 0 bridgehead atoms. The van der Waals surface area contributed by atoms with E-state index < -0.39 is 0 Å². The van der Waals surface area contributed by atoms with Crippen LogP contribution in [-0.2, 0) is 6.42 Å². The number of hydrogen-bond donors (Lipinski definition) is 1. The summed E-state index contributed by atoms with van der Waals surface area (Å²) in [5.74, 6) is 2.21. The molecule has 0 amide bonds. The minimum absolute atomic E-state index is 0.705. The quantitative estimate of drug-likeness (QED) is 0.675. The number of ether oxygens (including phenoxy) is 1. The van der Waals surface area contributed by atoms with Gasteiger partial charge in [-0.1, -0.05) is 38.4 Å². The van der Waals surface area contributed by atoms with E-state index in [1.807, 2.05) is 12.1 Å². The second-order valence-corrected chi connectivity index (χ2v) is 6.41. The maximum atomic E-state index is 6.14. The first kappa shape index (κ1) is 17.3. The van der Waals surface area contributed by atoms with Crippen LogP contribution in [0.3, 0.4) is 0 Å². The zero-order valence-electron chi connectivity index (χ0n) is 13.2. The van der Waals surface area contributed by atoms with Crippen LogP contribution in [0.1, 0.15) is 39.2 Å². The normalized spacial score (nSPS) is 12.7. The first-order valence-electron chi connectivity index (χ1n) is 7.56. The Kier molecular flexibility index (Phi) is 8.01. The van der Waals surface area contributed by atoms with Crippen LogP contribution in [0.25, 0.3) is 0 Å². The highest BCUT2D eigenvalue weighted by atomic mass is 35.5. The summed E-state index contributed by atoms with van der Waals surface area (Å²) in [6.45, 7) is 9.03. The minimum Gasteiger partial charge on any atom is -0.495 e. The van der Waals surface area contributed by atoms with Crippen LogP contribution in [0.15, 0.2) is 18.2 Å². The summed E-state index contributed by atoms with van der Waals surface area (Å²) in [5, 5.41) is 4.21. The van der Waals surface area contributed by atoms with Crippen molar-refractivity contribution in [3.8, 4) is 5.75 Å². The molecule has 0 saturated carbocycles. The molecule has 1 N–H and O–H groups in total. The van der Waals surface area contributed by atoms with Crippen LogP contribution >= 0.6 is 11.6 Å². The van der Waals surface area contributed by atoms with E-state index in [4.69, 9.17) is 16.3 Å². The lowest BCUT2D eigenvalue weighted by Crippen LogP contribution is -2.22. The third-order valence-electron chi connectivity index (χ3n) is 3.51. The molecule has 0 radical (unpaired) electrons. The van der Waals surface area contributed by atoms with E-state index in [1.165, 1.54) is 18.4 Å². The molecule has 20 heavy (non-hydrogen) atoms. The number of halogens is 1. The monoisotopic (exact) mass is 297 g/mol. The first-order valence-corrected chi connectivity index (χ1v) is 7.93. The molecule has 1 rings (SSSR count). The van der Waals surface area contributed by atoms with Crippen LogP contribution in [0, 0.1) is 11.8 Å². The van der Waals surface area contributed by atoms with Crippen LogP contribution < -0.4 is 10.1 Å². The molecule has 0 aromatic heterocycles. The number of nitrogens with one attached hydrogen (secondary N) is 1. The zero-order chi connectivity index (χ0) is 15.0. The number of hydrogen-bond acceptors (Lipinski definition) is 2. The third-order valence-corrected chi connectivity index (χ3v) is 3.80. The summed E-state index contributed by atoms with van der Waals surface area (Å²) in [7, 11) is 1.65. The van der Waals surface area contributed by atoms with Gasteiger partial charge >= 0.3 is 0 Å². The second kappa shape index (κ2) is 9.25. The molecule has 1 aromatic carbocycles. The van der Waals surface area contributed by atoms with Crippen molar-refractivity contribution in [3.63, 3.8) is 0 Å². The second-order valence-electron chi connectivity index (χ2n) is 6.00. The molecular formula is C17H28ClNO. The van der Waals surface area contributed by atoms with E-state index in [-0.39, 0.29) is 0 Å². The first-order chi connectivity index (χ1) is 9.52. The van der Waals surface area contributed by atoms with Gasteiger partial charge in [0.25, 0.3) is 0 Å². The molecular weight excluding hydrogens is 270 g/mol. The fourth-order valence-corrected chi connectivity index (χ4v) is 2.44. The van der Waals surface area contributed by atoms with E-state index in [2.05, 4.69) is 32.2 Å². The molecule has 114 valence electrons. The Balaban J connectivity index is 2.26. The smallest absolute Gasteiger partial charge is 0.137 e. The molecule has 0 heterocycles. The van der Waals surface area contributed by atoms with Gasteiger partial charge in [-0.25, -0.2) is 0 Å². The molecule has 0 saturated heterocycles. The average molecular weight is 298 g/mol. The largest absolute Gasteiger partial charge is 0.495 e. The highest BCUT2D eigenvalue weighted by molar-refractivity contribution is 6.32. The Hall–Kier alpha value is -0.730. The van der Waals surface area contributed by atoms with Gasteiger partial charge in [0.1, 0.15) is 5.75 Å². The van der Waals surface area contributed by atoms with Crippen molar-refractivity contribution < 1.29 is 4.74 Å². The van der Waals surface area contributed by atoms with Crippen molar-refractivity contribution in [1.29, 1.82) is 0 Å².